The maximum atomic E-state index is 13.3. The average molecular weight is 397 g/mol. The molecule has 1 amide bonds. The standard InChI is InChI=1S/C22H24FN3O3/c1-14-24-10-7-18(25-14)20(28)12-15-13-22(8-6-19(15)27)9-11-26(21(22)29)17-4-2-16(23)3-5-17/h2-5,7,10,15,19,27H,6,8-9,11-13H2,1H3. The number of anilines is 1. The second kappa shape index (κ2) is 7.63. The van der Waals surface area contributed by atoms with Gasteiger partial charge in [-0.3, -0.25) is 9.59 Å². The molecular formula is C22H24FN3O3. The van der Waals surface area contributed by atoms with Crippen LogP contribution < -0.4 is 4.90 Å². The highest BCUT2D eigenvalue weighted by molar-refractivity contribution is 6.00. The van der Waals surface area contributed by atoms with Crippen LogP contribution in [-0.2, 0) is 4.79 Å². The lowest BCUT2D eigenvalue weighted by molar-refractivity contribution is -0.130. The van der Waals surface area contributed by atoms with Crippen molar-refractivity contribution >= 4 is 17.4 Å². The van der Waals surface area contributed by atoms with E-state index < -0.39 is 11.5 Å². The highest BCUT2D eigenvalue weighted by Gasteiger charge is 2.51. The molecule has 1 spiro atoms. The van der Waals surface area contributed by atoms with E-state index in [2.05, 4.69) is 9.97 Å². The minimum Gasteiger partial charge on any atom is -0.393 e. The fourth-order valence-electron chi connectivity index (χ4n) is 4.67. The van der Waals surface area contributed by atoms with Crippen molar-refractivity contribution in [2.75, 3.05) is 11.4 Å². The molecule has 1 aromatic carbocycles. The number of aliphatic hydroxyl groups is 1. The highest BCUT2D eigenvalue weighted by Crippen LogP contribution is 2.48. The Morgan fingerprint density at radius 1 is 1.28 bits per heavy atom. The van der Waals surface area contributed by atoms with E-state index in [0.29, 0.717) is 49.4 Å². The molecular weight excluding hydrogens is 373 g/mol. The summed E-state index contributed by atoms with van der Waals surface area (Å²) in [6, 6.07) is 7.51. The van der Waals surface area contributed by atoms with Crippen molar-refractivity contribution in [1.29, 1.82) is 0 Å². The molecule has 1 aliphatic heterocycles. The van der Waals surface area contributed by atoms with Crippen molar-refractivity contribution in [2.24, 2.45) is 11.3 Å². The number of amides is 1. The first kappa shape index (κ1) is 19.6. The molecule has 1 N–H and O–H groups in total. The van der Waals surface area contributed by atoms with Gasteiger partial charge in [-0.2, -0.15) is 0 Å². The van der Waals surface area contributed by atoms with E-state index in [9.17, 15) is 19.1 Å². The summed E-state index contributed by atoms with van der Waals surface area (Å²) in [5, 5.41) is 10.5. The van der Waals surface area contributed by atoms with Crippen LogP contribution in [0.1, 0.15) is 48.4 Å². The second-order valence-corrected chi connectivity index (χ2v) is 8.15. The fraction of sp³-hybridized carbons (Fsp3) is 0.455. The SMILES string of the molecule is Cc1nccc(C(=O)CC2CC3(CCC2O)CCN(c2ccc(F)cc2)C3=O)n1. The molecule has 2 aromatic rings. The summed E-state index contributed by atoms with van der Waals surface area (Å²) < 4.78 is 13.2. The topological polar surface area (TPSA) is 83.4 Å². The lowest BCUT2D eigenvalue weighted by atomic mass is 9.66. The van der Waals surface area contributed by atoms with Gasteiger partial charge in [-0.05, 0) is 68.9 Å². The van der Waals surface area contributed by atoms with Crippen molar-refractivity contribution < 1.29 is 19.1 Å². The molecule has 2 fully saturated rings. The molecule has 3 unspecified atom stereocenters. The van der Waals surface area contributed by atoms with Crippen LogP contribution in [0.4, 0.5) is 10.1 Å². The molecule has 4 rings (SSSR count). The van der Waals surface area contributed by atoms with Crippen LogP contribution in [0.2, 0.25) is 0 Å². The number of hydrogen-bond donors (Lipinski definition) is 1. The number of aryl methyl sites for hydroxylation is 1. The molecule has 0 radical (unpaired) electrons. The van der Waals surface area contributed by atoms with Crippen LogP contribution in [0.15, 0.2) is 36.5 Å². The van der Waals surface area contributed by atoms with Crippen LogP contribution in [0.25, 0.3) is 0 Å². The van der Waals surface area contributed by atoms with E-state index in [4.69, 9.17) is 0 Å². The monoisotopic (exact) mass is 397 g/mol. The Morgan fingerprint density at radius 3 is 2.76 bits per heavy atom. The third kappa shape index (κ3) is 3.79. The van der Waals surface area contributed by atoms with Crippen molar-refractivity contribution in [2.45, 2.75) is 45.1 Å². The minimum absolute atomic E-state index is 0.00587. The lowest BCUT2D eigenvalue weighted by Crippen LogP contribution is -2.43. The van der Waals surface area contributed by atoms with Crippen LogP contribution >= 0.6 is 0 Å². The third-order valence-corrected chi connectivity index (χ3v) is 6.28. The third-order valence-electron chi connectivity index (χ3n) is 6.28. The van der Waals surface area contributed by atoms with Gasteiger partial charge in [0.05, 0.1) is 11.5 Å². The van der Waals surface area contributed by atoms with Gasteiger partial charge in [-0.25, -0.2) is 14.4 Å². The number of halogens is 1. The van der Waals surface area contributed by atoms with E-state index >= 15 is 0 Å². The molecule has 152 valence electrons. The van der Waals surface area contributed by atoms with Gasteiger partial charge >= 0.3 is 0 Å². The molecule has 1 saturated carbocycles. The van der Waals surface area contributed by atoms with Gasteiger partial charge in [-0.15, -0.1) is 0 Å². The highest BCUT2D eigenvalue weighted by atomic mass is 19.1. The first-order valence-electron chi connectivity index (χ1n) is 9.96. The molecule has 1 saturated heterocycles. The summed E-state index contributed by atoms with van der Waals surface area (Å²) in [5.41, 5.74) is 0.457. The number of rotatable bonds is 4. The Kier molecular flexibility index (Phi) is 5.17. The van der Waals surface area contributed by atoms with E-state index in [1.165, 1.54) is 12.1 Å². The Morgan fingerprint density at radius 2 is 2.03 bits per heavy atom. The zero-order valence-corrected chi connectivity index (χ0v) is 16.3. The molecule has 6 nitrogen and oxygen atoms in total. The van der Waals surface area contributed by atoms with Crippen LogP contribution in [0.3, 0.4) is 0 Å². The Bertz CT molecular complexity index is 933. The number of hydrogen-bond acceptors (Lipinski definition) is 5. The van der Waals surface area contributed by atoms with Crippen molar-refractivity contribution in [3.05, 3.63) is 53.9 Å². The van der Waals surface area contributed by atoms with Gasteiger partial charge in [-0.1, -0.05) is 0 Å². The Hall–Kier alpha value is -2.67. The largest absolute Gasteiger partial charge is 0.393 e. The number of aromatic nitrogens is 2. The number of nitrogens with zero attached hydrogens (tertiary/aromatic N) is 3. The maximum absolute atomic E-state index is 13.3. The molecule has 1 aromatic heterocycles. The van der Waals surface area contributed by atoms with Gasteiger partial charge in [0.15, 0.2) is 5.78 Å². The Labute approximate surface area is 168 Å². The predicted molar refractivity (Wildman–Crippen MR) is 105 cm³/mol. The van der Waals surface area contributed by atoms with Gasteiger partial charge in [0.2, 0.25) is 5.91 Å². The fourth-order valence-corrected chi connectivity index (χ4v) is 4.67. The second-order valence-electron chi connectivity index (χ2n) is 8.15. The molecule has 3 atom stereocenters. The van der Waals surface area contributed by atoms with Crippen LogP contribution in [-0.4, -0.2) is 39.4 Å². The maximum Gasteiger partial charge on any atom is 0.233 e. The van der Waals surface area contributed by atoms with E-state index in [0.717, 1.165) is 0 Å². The van der Waals surface area contributed by atoms with Gasteiger partial charge in [0.1, 0.15) is 17.3 Å². The predicted octanol–water partition coefficient (Wildman–Crippen LogP) is 3.08. The molecule has 2 heterocycles. The van der Waals surface area contributed by atoms with E-state index in [1.807, 2.05) is 0 Å². The zero-order valence-electron chi connectivity index (χ0n) is 16.3. The molecule has 2 aliphatic rings. The van der Waals surface area contributed by atoms with Gasteiger partial charge in [0.25, 0.3) is 0 Å². The van der Waals surface area contributed by atoms with E-state index in [-0.39, 0.29) is 29.8 Å². The summed E-state index contributed by atoms with van der Waals surface area (Å²) >= 11 is 0. The van der Waals surface area contributed by atoms with Crippen molar-refractivity contribution in [1.82, 2.24) is 9.97 Å². The number of aliphatic hydroxyl groups excluding tert-OH is 1. The number of ketones is 1. The van der Waals surface area contributed by atoms with Crippen LogP contribution in [0, 0.1) is 24.1 Å². The molecule has 0 bridgehead atoms. The van der Waals surface area contributed by atoms with Crippen LogP contribution in [0.5, 0.6) is 0 Å². The summed E-state index contributed by atoms with van der Waals surface area (Å²) in [5.74, 6) is -0.237. The summed E-state index contributed by atoms with van der Waals surface area (Å²) in [7, 11) is 0. The summed E-state index contributed by atoms with van der Waals surface area (Å²) in [4.78, 5) is 35.8. The quantitative estimate of drug-likeness (QED) is 0.802. The number of benzene rings is 1. The summed E-state index contributed by atoms with van der Waals surface area (Å²) in [6.45, 7) is 2.29. The number of carbonyl (C=O) groups excluding carboxylic acids is 2. The molecule has 29 heavy (non-hydrogen) atoms. The zero-order chi connectivity index (χ0) is 20.6. The molecule has 7 heteroatoms. The lowest BCUT2D eigenvalue weighted by Gasteiger charge is -2.39. The van der Waals surface area contributed by atoms with Gasteiger partial charge in [0, 0.05) is 24.8 Å². The smallest absolute Gasteiger partial charge is 0.233 e. The first-order valence-corrected chi connectivity index (χ1v) is 9.96. The van der Waals surface area contributed by atoms with E-state index in [1.54, 1.807) is 36.2 Å². The number of Topliss-reactive ketones (excluding diaryl/α,β-unsaturated/α-hetero) is 1. The van der Waals surface area contributed by atoms with Crippen molar-refractivity contribution in [3.8, 4) is 0 Å². The molecule has 1 aliphatic carbocycles. The van der Waals surface area contributed by atoms with Crippen molar-refractivity contribution in [3.63, 3.8) is 0 Å². The minimum atomic E-state index is -0.611. The Balaban J connectivity index is 1.50. The first-order chi connectivity index (χ1) is 13.9. The normalized spacial score (nSPS) is 26.9. The average Bonchev–Trinajstić information content (AvgIpc) is 3.01. The summed E-state index contributed by atoms with van der Waals surface area (Å²) in [6.07, 6.45) is 3.33. The number of carbonyl (C=O) groups is 2. The van der Waals surface area contributed by atoms with Gasteiger partial charge < -0.3 is 10.0 Å².